The number of alkyl halides is 1. The van der Waals surface area contributed by atoms with E-state index in [4.69, 9.17) is 101 Å². The fourth-order valence-electron chi connectivity index (χ4n) is 15.9. The number of nitrogens with zero attached hydrogens (tertiary/aromatic N) is 4. The first-order valence-electron chi connectivity index (χ1n) is 48.0. The fourth-order valence-corrected chi connectivity index (χ4v) is 17.2. The lowest BCUT2D eigenvalue weighted by Crippen LogP contribution is -2.44. The number of aliphatic hydroxyl groups is 1. The second kappa shape index (κ2) is 64.7. The molecule has 5 aliphatic heterocycles. The molecule has 3 unspecified atom stereocenters. The molecular formula is C103H155BrCl5N9O20. The predicted molar refractivity (Wildman–Crippen MR) is 547 cm³/mol. The Morgan fingerprint density at radius 3 is 0.906 bits per heavy atom. The second-order valence-electron chi connectivity index (χ2n) is 37.9. The van der Waals surface area contributed by atoms with Crippen LogP contribution in [-0.2, 0) is 71.3 Å². The van der Waals surface area contributed by atoms with Gasteiger partial charge in [0, 0.05) is 159 Å². The van der Waals surface area contributed by atoms with Crippen LogP contribution in [0, 0.1) is 29.6 Å². The monoisotopic (exact) mass is 2090 g/mol. The molecule has 29 nitrogen and oxygen atoms in total. The Hall–Kier alpha value is -7.82. The molecule has 7 amide bonds. The van der Waals surface area contributed by atoms with Crippen LogP contribution in [0.25, 0.3) is 0 Å². The average Bonchev–Trinajstić information content (AvgIpc) is 0.845. The summed E-state index contributed by atoms with van der Waals surface area (Å²) in [7, 11) is 6.36. The summed E-state index contributed by atoms with van der Waals surface area (Å²) in [5.74, 6) is 0.155. The van der Waals surface area contributed by atoms with Gasteiger partial charge in [0.15, 0.2) is 0 Å². The number of aliphatic hydroxyl groups excluding tert-OH is 1. The van der Waals surface area contributed by atoms with Gasteiger partial charge in [-0.25, -0.2) is 19.2 Å². The van der Waals surface area contributed by atoms with Crippen molar-refractivity contribution in [3.05, 3.63) is 174 Å². The first kappa shape index (κ1) is 122. The van der Waals surface area contributed by atoms with E-state index in [0.29, 0.717) is 130 Å². The number of piperidine rings is 5. The summed E-state index contributed by atoms with van der Waals surface area (Å²) in [4.78, 5) is 113. The van der Waals surface area contributed by atoms with Gasteiger partial charge >= 0.3 is 36.3 Å². The van der Waals surface area contributed by atoms with Crippen molar-refractivity contribution in [2.75, 3.05) is 139 Å². The van der Waals surface area contributed by atoms with Crippen LogP contribution >= 0.6 is 73.9 Å². The van der Waals surface area contributed by atoms with E-state index in [0.717, 1.165) is 110 Å². The molecule has 5 aromatic rings. The first-order chi connectivity index (χ1) is 65.3. The van der Waals surface area contributed by atoms with Crippen molar-refractivity contribution >= 4 is 128 Å². The second-order valence-corrected chi connectivity index (χ2v) is 40.9. The van der Waals surface area contributed by atoms with Crippen LogP contribution in [0.1, 0.15) is 252 Å². The number of esters is 2. The third-order valence-electron chi connectivity index (χ3n) is 22.1. The van der Waals surface area contributed by atoms with E-state index in [2.05, 4.69) is 47.7 Å². The number of carbonyl (C=O) groups is 9. The highest BCUT2D eigenvalue weighted by Crippen LogP contribution is 2.40. The third-order valence-corrected chi connectivity index (χ3v) is 23.6. The van der Waals surface area contributed by atoms with Crippen LogP contribution in [0.4, 0.5) is 19.2 Å². The summed E-state index contributed by atoms with van der Waals surface area (Å²) in [6.07, 6.45) is 8.42. The predicted octanol–water partition coefficient (Wildman–Crippen LogP) is 20.8. The van der Waals surface area contributed by atoms with Crippen LogP contribution in [0.3, 0.4) is 0 Å². The number of likely N-dealkylation sites (tertiary alicyclic amines) is 4. The number of hydrogen-bond acceptors (Lipinski definition) is 22. The number of ether oxygens (including phenoxy) is 10. The lowest BCUT2D eigenvalue weighted by atomic mass is 9.88. The van der Waals surface area contributed by atoms with E-state index in [1.54, 1.807) is 66.7 Å². The molecule has 0 spiro atoms. The molecule has 774 valence electrons. The maximum atomic E-state index is 12.5. The maximum Gasteiger partial charge on any atom is 0.410 e. The topological polar surface area (TPSA) is 353 Å². The van der Waals surface area contributed by atoms with Crippen molar-refractivity contribution in [1.82, 2.24) is 40.9 Å². The van der Waals surface area contributed by atoms with Gasteiger partial charge in [-0.3, -0.25) is 24.0 Å². The molecule has 0 saturated carbocycles. The molecule has 5 fully saturated rings. The van der Waals surface area contributed by atoms with Gasteiger partial charge in [0.2, 0.25) is 17.7 Å². The highest BCUT2D eigenvalue weighted by atomic mass is 79.9. The minimum Gasteiger partial charge on any atom is -0.466 e. The number of nitrogens with two attached hydrogens (primary N) is 1. The molecule has 5 aromatic carbocycles. The maximum absolute atomic E-state index is 12.5. The van der Waals surface area contributed by atoms with E-state index >= 15 is 0 Å². The van der Waals surface area contributed by atoms with E-state index in [9.17, 15) is 48.3 Å². The van der Waals surface area contributed by atoms with Gasteiger partial charge in [0.05, 0.1) is 83.0 Å². The highest BCUT2D eigenvalue weighted by molar-refractivity contribution is 9.09. The van der Waals surface area contributed by atoms with Gasteiger partial charge in [0.1, 0.15) is 22.4 Å². The molecule has 7 N–H and O–H groups in total. The Kier molecular flexibility index (Phi) is 57.4. The van der Waals surface area contributed by atoms with E-state index in [1.807, 2.05) is 192 Å². The zero-order valence-corrected chi connectivity index (χ0v) is 89.7. The molecule has 138 heavy (non-hydrogen) atoms. The van der Waals surface area contributed by atoms with Crippen LogP contribution in [0.5, 0.6) is 0 Å². The quantitative estimate of drug-likeness (QED) is 0.0141. The van der Waals surface area contributed by atoms with Crippen LogP contribution in [0.2, 0.25) is 25.1 Å². The Labute approximate surface area is 853 Å². The lowest BCUT2D eigenvalue weighted by molar-refractivity contribution is -0.145. The minimum atomic E-state index is -0.621. The number of hydrogen-bond donors (Lipinski definition) is 6. The van der Waals surface area contributed by atoms with Crippen molar-refractivity contribution < 1.29 is 95.6 Å². The molecule has 0 bridgehead atoms. The van der Waals surface area contributed by atoms with Gasteiger partial charge in [-0.2, -0.15) is 0 Å². The number of benzene rings is 5. The minimum absolute atomic E-state index is 0.000245. The summed E-state index contributed by atoms with van der Waals surface area (Å²) < 4.78 is 56.0. The number of carbonyl (C=O) groups excluding carboxylic acids is 9. The summed E-state index contributed by atoms with van der Waals surface area (Å²) in [5, 5.41) is 25.7. The zero-order valence-electron chi connectivity index (χ0n) is 84.3. The van der Waals surface area contributed by atoms with Crippen molar-refractivity contribution in [1.29, 1.82) is 0 Å². The van der Waals surface area contributed by atoms with Crippen LogP contribution in [-0.4, -0.2) is 240 Å². The van der Waals surface area contributed by atoms with Crippen molar-refractivity contribution in [3.63, 3.8) is 0 Å². The molecule has 5 aliphatic rings. The molecule has 35 heteroatoms. The third kappa shape index (κ3) is 49.2. The van der Waals surface area contributed by atoms with E-state index in [-0.39, 0.29) is 128 Å². The van der Waals surface area contributed by atoms with Gasteiger partial charge < -0.3 is 99.1 Å². The number of nitrogens with one attached hydrogen (secondary N) is 4. The molecule has 10 atom stereocenters. The van der Waals surface area contributed by atoms with Gasteiger partial charge in [0.25, 0.3) is 0 Å². The van der Waals surface area contributed by atoms with E-state index < -0.39 is 28.5 Å². The molecule has 5 saturated heterocycles. The van der Waals surface area contributed by atoms with Gasteiger partial charge in [-0.1, -0.05) is 135 Å². The van der Waals surface area contributed by atoms with Crippen LogP contribution in [0.15, 0.2) is 121 Å². The van der Waals surface area contributed by atoms with Gasteiger partial charge in [-0.05, 0) is 263 Å². The number of halogens is 6. The largest absolute Gasteiger partial charge is 0.466 e. The summed E-state index contributed by atoms with van der Waals surface area (Å²) in [6, 6.07) is 37.8. The fraction of sp³-hybridized carbons (Fsp3) is 0.621. The normalized spacial score (nSPS) is 18.2. The zero-order chi connectivity index (χ0) is 103. The molecular weight excluding hydrogens is 1940 g/mol. The Morgan fingerprint density at radius 1 is 0.391 bits per heavy atom. The molecule has 0 aromatic heterocycles. The standard InChI is InChI=1S/C22H32ClNO5.2C21H31ClN2O4.C17H24ClNO3.C16H23ClN2O2.C5H9BrO2.CH5N/c1-5-27-19(25)11-13-28-20(16-8-6-10-18(23)14-16)17-9-7-12-24(15-17)21(26)29-22(2,3)4;2*1-21(2,3)28-20(26)24-11-6-8-16(14-24)19(27-12-10-18(25)23-4)15-7-5-9-17(22)13-15;1-17(2,3)22-16(21)19-9-5-7-13(11-19)15(20)12-6-4-8-14(18)10-12;1-18-15(20)7-9-21-16(13-5-3-8-19-11-13)12-4-2-6-14(17)10-12;1-2-8-5(7)3-4-6;1-2/h6,8,10,14,17,20H,5,7,9,11-13,15H2,1-4H3;2*5,7,9,13,16,19H,6,8,10-12,14H2,1-4H3,(H,23,25);4,6,8,10,13,15,20H,5,7,9,11H2,1-3H3;2,4,6,10,13,16,19H,3,5,7-9,11H2,1H3,(H,18,20);2-4H2,1H3;2H2,1H3/t17-,20?;16-,19?;16-,19+;13-,15?;13-,16+;;/m11111../s1. The summed E-state index contributed by atoms with van der Waals surface area (Å²) in [6.45, 7) is 34.8. The molecule has 0 aliphatic carbocycles. The van der Waals surface area contributed by atoms with Gasteiger partial charge in [-0.15, -0.1) is 0 Å². The highest BCUT2D eigenvalue weighted by Gasteiger charge is 2.39. The molecule has 5 heterocycles. The number of rotatable bonds is 30. The Morgan fingerprint density at radius 2 is 0.645 bits per heavy atom. The smallest absolute Gasteiger partial charge is 0.410 e. The van der Waals surface area contributed by atoms with Crippen molar-refractivity contribution in [2.45, 2.75) is 246 Å². The lowest BCUT2D eigenvalue weighted by Gasteiger charge is -2.37. The number of amides is 7. The van der Waals surface area contributed by atoms with Crippen molar-refractivity contribution in [3.8, 4) is 0 Å². The van der Waals surface area contributed by atoms with Crippen LogP contribution < -0.4 is 27.0 Å². The first-order valence-corrected chi connectivity index (χ1v) is 51.0. The summed E-state index contributed by atoms with van der Waals surface area (Å²) in [5.41, 5.74) is 7.15. The average molecular weight is 2100 g/mol. The SMILES string of the molecule is CC(C)(C)OC(=O)N1CCC[C@@H](C(O)c2cccc(Cl)c2)C1.CCOC(=O)CCBr.CCOC(=O)CCOC(c1cccc(Cl)c1)[C@@H]1CCCN(C(=O)OC(C)(C)C)C1.CN.CNC(=O)CCOC(c1cccc(Cl)c1)[C@@H]1CCCN(C(=O)OC(C)(C)C)C1.CNC(=O)CCO[C@@H](c1cccc(Cl)c1)[C@@H]1CCCN(C(=O)OC(C)(C)C)C1.CNC(=O)CCO[C@@H](c1cccc(Cl)c1)[C@@H]1CCCNC1. The molecule has 10 rings (SSSR count). The Bertz CT molecular complexity index is 4330. The van der Waals surface area contributed by atoms with E-state index in [1.165, 1.54) is 7.05 Å². The Balaban J connectivity index is 0.000000353. The molecule has 0 radical (unpaired) electrons. The van der Waals surface area contributed by atoms with Crippen molar-refractivity contribution in [2.24, 2.45) is 35.3 Å². The summed E-state index contributed by atoms with van der Waals surface area (Å²) >= 11 is 33.8.